The van der Waals surface area contributed by atoms with E-state index in [4.69, 9.17) is 0 Å². The van der Waals surface area contributed by atoms with Crippen LogP contribution in [0.3, 0.4) is 0 Å². The molecular formula is C14H23BrN2. The van der Waals surface area contributed by atoms with E-state index in [0.29, 0.717) is 6.04 Å². The molecule has 0 saturated heterocycles. The molecule has 0 aliphatic heterocycles. The standard InChI is InChI=1S/C14H23BrN2/c1-4-17(5-2)12(3)10-16-11-13-6-8-14(15)9-7-13/h6-9,12,16H,4-5,10-11H2,1-3H3. The van der Waals surface area contributed by atoms with Crippen LogP contribution in [0.1, 0.15) is 26.3 Å². The number of nitrogens with zero attached hydrogens (tertiary/aromatic N) is 1. The van der Waals surface area contributed by atoms with Crippen molar-refractivity contribution < 1.29 is 0 Å². The van der Waals surface area contributed by atoms with Gasteiger partial charge in [-0.1, -0.05) is 41.9 Å². The van der Waals surface area contributed by atoms with Crippen LogP contribution in [0.5, 0.6) is 0 Å². The predicted molar refractivity (Wildman–Crippen MR) is 78.2 cm³/mol. The third-order valence-electron chi connectivity index (χ3n) is 3.12. The fourth-order valence-corrected chi connectivity index (χ4v) is 2.27. The van der Waals surface area contributed by atoms with Gasteiger partial charge in [-0.2, -0.15) is 0 Å². The first-order valence-corrected chi connectivity index (χ1v) is 7.15. The first-order chi connectivity index (χ1) is 8.17. The lowest BCUT2D eigenvalue weighted by Gasteiger charge is -2.26. The molecule has 0 radical (unpaired) electrons. The maximum absolute atomic E-state index is 3.51. The Morgan fingerprint density at radius 1 is 1.18 bits per heavy atom. The van der Waals surface area contributed by atoms with Gasteiger partial charge in [0.1, 0.15) is 0 Å². The van der Waals surface area contributed by atoms with Crippen molar-refractivity contribution in [3.8, 4) is 0 Å². The van der Waals surface area contributed by atoms with Crippen molar-refractivity contribution in [2.75, 3.05) is 19.6 Å². The zero-order valence-corrected chi connectivity index (χ0v) is 12.6. The van der Waals surface area contributed by atoms with Crippen molar-refractivity contribution in [1.29, 1.82) is 0 Å². The van der Waals surface area contributed by atoms with Crippen molar-refractivity contribution in [2.45, 2.75) is 33.4 Å². The third-order valence-corrected chi connectivity index (χ3v) is 3.65. The molecule has 0 aliphatic carbocycles. The van der Waals surface area contributed by atoms with Crippen LogP contribution in [-0.4, -0.2) is 30.6 Å². The summed E-state index contributed by atoms with van der Waals surface area (Å²) in [5.41, 5.74) is 1.33. The van der Waals surface area contributed by atoms with Gasteiger partial charge in [-0.05, 0) is 37.7 Å². The normalized spacial score (nSPS) is 13.0. The molecule has 0 aromatic heterocycles. The second kappa shape index (κ2) is 7.85. The van der Waals surface area contributed by atoms with Crippen LogP contribution in [-0.2, 0) is 6.54 Å². The van der Waals surface area contributed by atoms with E-state index in [1.807, 2.05) is 0 Å². The van der Waals surface area contributed by atoms with E-state index in [1.54, 1.807) is 0 Å². The molecule has 17 heavy (non-hydrogen) atoms. The molecule has 1 rings (SSSR count). The van der Waals surface area contributed by atoms with Gasteiger partial charge in [0.05, 0.1) is 0 Å². The maximum Gasteiger partial charge on any atom is 0.0206 e. The minimum absolute atomic E-state index is 0.598. The molecule has 1 aromatic carbocycles. The van der Waals surface area contributed by atoms with Crippen LogP contribution < -0.4 is 5.32 Å². The third kappa shape index (κ3) is 5.19. The Labute approximate surface area is 114 Å². The molecule has 1 atom stereocenters. The fourth-order valence-electron chi connectivity index (χ4n) is 2.00. The molecule has 2 nitrogen and oxygen atoms in total. The Morgan fingerprint density at radius 2 is 1.76 bits per heavy atom. The summed E-state index contributed by atoms with van der Waals surface area (Å²) in [4.78, 5) is 2.47. The molecule has 1 N–H and O–H groups in total. The van der Waals surface area contributed by atoms with E-state index >= 15 is 0 Å². The second-order valence-corrected chi connectivity index (χ2v) is 5.24. The number of hydrogen-bond donors (Lipinski definition) is 1. The molecule has 3 heteroatoms. The lowest BCUT2D eigenvalue weighted by Crippen LogP contribution is -2.39. The molecule has 0 bridgehead atoms. The van der Waals surface area contributed by atoms with Gasteiger partial charge in [0.15, 0.2) is 0 Å². The lowest BCUT2D eigenvalue weighted by atomic mass is 10.2. The van der Waals surface area contributed by atoms with Crippen LogP contribution in [0.25, 0.3) is 0 Å². The van der Waals surface area contributed by atoms with Gasteiger partial charge in [-0.25, -0.2) is 0 Å². The van der Waals surface area contributed by atoms with Gasteiger partial charge in [-0.15, -0.1) is 0 Å². The summed E-state index contributed by atoms with van der Waals surface area (Å²) in [6.07, 6.45) is 0. The van der Waals surface area contributed by atoms with Gasteiger partial charge in [0.2, 0.25) is 0 Å². The molecule has 1 aromatic rings. The lowest BCUT2D eigenvalue weighted by molar-refractivity contribution is 0.225. The summed E-state index contributed by atoms with van der Waals surface area (Å²) in [5, 5.41) is 3.51. The van der Waals surface area contributed by atoms with Crippen LogP contribution in [0.4, 0.5) is 0 Å². The Kier molecular flexibility index (Phi) is 6.78. The quantitative estimate of drug-likeness (QED) is 0.831. The SMILES string of the molecule is CCN(CC)C(C)CNCc1ccc(Br)cc1. The van der Waals surface area contributed by atoms with Gasteiger partial charge >= 0.3 is 0 Å². The minimum atomic E-state index is 0.598. The zero-order chi connectivity index (χ0) is 12.7. The Morgan fingerprint density at radius 3 is 2.29 bits per heavy atom. The summed E-state index contributed by atoms with van der Waals surface area (Å²) < 4.78 is 1.14. The molecule has 96 valence electrons. The summed E-state index contributed by atoms with van der Waals surface area (Å²) >= 11 is 3.45. The van der Waals surface area contributed by atoms with E-state index in [1.165, 1.54) is 5.56 Å². The minimum Gasteiger partial charge on any atom is -0.311 e. The number of nitrogens with one attached hydrogen (secondary N) is 1. The topological polar surface area (TPSA) is 15.3 Å². The number of likely N-dealkylation sites (N-methyl/N-ethyl adjacent to an activating group) is 1. The first kappa shape index (κ1) is 14.7. The average Bonchev–Trinajstić information content (AvgIpc) is 2.33. The summed E-state index contributed by atoms with van der Waals surface area (Å²) in [7, 11) is 0. The molecular weight excluding hydrogens is 276 g/mol. The van der Waals surface area contributed by atoms with Crippen molar-refractivity contribution in [1.82, 2.24) is 10.2 Å². The van der Waals surface area contributed by atoms with Crippen LogP contribution in [0, 0.1) is 0 Å². The highest BCUT2D eigenvalue weighted by molar-refractivity contribution is 9.10. The van der Waals surface area contributed by atoms with Crippen molar-refractivity contribution in [2.24, 2.45) is 0 Å². The van der Waals surface area contributed by atoms with Gasteiger partial charge in [-0.3, -0.25) is 4.90 Å². The van der Waals surface area contributed by atoms with Crippen LogP contribution >= 0.6 is 15.9 Å². The highest BCUT2D eigenvalue weighted by atomic mass is 79.9. The number of halogens is 1. The Hall–Kier alpha value is -0.380. The average molecular weight is 299 g/mol. The van der Waals surface area contributed by atoms with Crippen LogP contribution in [0.2, 0.25) is 0 Å². The summed E-state index contributed by atoms with van der Waals surface area (Å²) in [6, 6.07) is 9.08. The van der Waals surface area contributed by atoms with E-state index in [0.717, 1.165) is 30.7 Å². The smallest absolute Gasteiger partial charge is 0.0206 e. The molecule has 0 fully saturated rings. The second-order valence-electron chi connectivity index (χ2n) is 4.33. The largest absolute Gasteiger partial charge is 0.311 e. The van der Waals surface area contributed by atoms with Crippen molar-refractivity contribution in [3.05, 3.63) is 34.3 Å². The molecule has 1 unspecified atom stereocenters. The maximum atomic E-state index is 3.51. The van der Waals surface area contributed by atoms with Gasteiger partial charge < -0.3 is 5.32 Å². The molecule has 0 amide bonds. The number of hydrogen-bond acceptors (Lipinski definition) is 2. The highest BCUT2D eigenvalue weighted by Gasteiger charge is 2.08. The highest BCUT2D eigenvalue weighted by Crippen LogP contribution is 2.10. The number of benzene rings is 1. The van der Waals surface area contributed by atoms with Gasteiger partial charge in [0, 0.05) is 23.6 Å². The molecule has 0 aliphatic rings. The fraction of sp³-hybridized carbons (Fsp3) is 0.571. The Bertz CT molecular complexity index is 307. The van der Waals surface area contributed by atoms with Crippen molar-refractivity contribution >= 4 is 15.9 Å². The number of rotatable bonds is 7. The summed E-state index contributed by atoms with van der Waals surface area (Å²) in [5.74, 6) is 0. The predicted octanol–water partition coefficient (Wildman–Crippen LogP) is 3.27. The zero-order valence-electron chi connectivity index (χ0n) is 11.0. The first-order valence-electron chi connectivity index (χ1n) is 6.36. The molecule has 0 spiro atoms. The van der Waals surface area contributed by atoms with Gasteiger partial charge in [0.25, 0.3) is 0 Å². The van der Waals surface area contributed by atoms with E-state index in [-0.39, 0.29) is 0 Å². The Balaban J connectivity index is 2.30. The van der Waals surface area contributed by atoms with E-state index in [9.17, 15) is 0 Å². The van der Waals surface area contributed by atoms with Crippen molar-refractivity contribution in [3.63, 3.8) is 0 Å². The molecule has 0 saturated carbocycles. The monoisotopic (exact) mass is 298 g/mol. The summed E-state index contributed by atoms with van der Waals surface area (Å²) in [6.45, 7) is 10.9. The molecule has 0 heterocycles. The van der Waals surface area contributed by atoms with E-state index in [2.05, 4.69) is 71.2 Å². The van der Waals surface area contributed by atoms with E-state index < -0.39 is 0 Å². The van der Waals surface area contributed by atoms with Crippen LogP contribution in [0.15, 0.2) is 28.7 Å².